The van der Waals surface area contributed by atoms with Gasteiger partial charge in [0.25, 0.3) is 0 Å². The molecule has 3 unspecified atom stereocenters. The summed E-state index contributed by atoms with van der Waals surface area (Å²) in [6.07, 6.45) is 3.46. The van der Waals surface area contributed by atoms with Crippen LogP contribution in [0.4, 0.5) is 4.79 Å². The van der Waals surface area contributed by atoms with Gasteiger partial charge in [-0.1, -0.05) is 43.2 Å². The van der Waals surface area contributed by atoms with Crippen LogP contribution in [0, 0.1) is 11.8 Å². The molecule has 3 atom stereocenters. The summed E-state index contributed by atoms with van der Waals surface area (Å²) in [5.41, 5.74) is 0.397. The second-order valence-electron chi connectivity index (χ2n) is 7.40. The van der Waals surface area contributed by atoms with Gasteiger partial charge in [-0.15, -0.1) is 0 Å². The van der Waals surface area contributed by atoms with E-state index < -0.39 is 23.6 Å². The first-order chi connectivity index (χ1) is 11.4. The van der Waals surface area contributed by atoms with Crippen molar-refractivity contribution in [1.82, 2.24) is 4.90 Å². The fraction of sp³-hybridized carbons (Fsp3) is 0.579. The molecule has 2 fully saturated rings. The van der Waals surface area contributed by atoms with E-state index in [1.807, 2.05) is 44.2 Å². The van der Waals surface area contributed by atoms with Crippen molar-refractivity contribution in [1.29, 1.82) is 0 Å². The van der Waals surface area contributed by atoms with Crippen molar-refractivity contribution < 1.29 is 19.4 Å². The summed E-state index contributed by atoms with van der Waals surface area (Å²) in [5.74, 6) is -0.679. The highest BCUT2D eigenvalue weighted by Gasteiger charge is 2.59. The van der Waals surface area contributed by atoms with E-state index in [9.17, 15) is 14.7 Å². The number of ether oxygens (including phenoxy) is 1. The molecule has 1 aromatic rings. The van der Waals surface area contributed by atoms with Crippen LogP contribution >= 0.6 is 0 Å². The number of hydrogen-bond acceptors (Lipinski definition) is 3. The van der Waals surface area contributed by atoms with Crippen molar-refractivity contribution in [3.8, 4) is 0 Å². The SMILES string of the molecule is CC1(C)C2CCCCC2C(C(=O)O)N1C(=O)OCc1ccccc1. The molecule has 1 N–H and O–H groups in total. The number of carboxylic acids is 1. The molecule has 0 radical (unpaired) electrons. The van der Waals surface area contributed by atoms with Crippen LogP contribution in [0.3, 0.4) is 0 Å². The number of aliphatic carboxylic acids is 1. The van der Waals surface area contributed by atoms with Gasteiger partial charge >= 0.3 is 12.1 Å². The highest BCUT2D eigenvalue weighted by molar-refractivity contribution is 5.82. The maximum atomic E-state index is 12.7. The summed E-state index contributed by atoms with van der Waals surface area (Å²) in [6.45, 7) is 4.11. The molecule has 130 valence electrons. The number of amides is 1. The van der Waals surface area contributed by atoms with E-state index in [0.29, 0.717) is 0 Å². The quantitative estimate of drug-likeness (QED) is 0.917. The highest BCUT2D eigenvalue weighted by Crippen LogP contribution is 2.50. The van der Waals surface area contributed by atoms with Crippen molar-refractivity contribution in [2.45, 2.75) is 57.7 Å². The molecule has 24 heavy (non-hydrogen) atoms. The van der Waals surface area contributed by atoms with Gasteiger partial charge in [0.15, 0.2) is 0 Å². The third kappa shape index (κ3) is 2.87. The fourth-order valence-electron chi connectivity index (χ4n) is 4.57. The van der Waals surface area contributed by atoms with E-state index in [4.69, 9.17) is 4.74 Å². The summed E-state index contributed by atoms with van der Waals surface area (Å²) >= 11 is 0. The second kappa shape index (κ2) is 6.46. The Bertz CT molecular complexity index is 613. The minimum atomic E-state index is -0.922. The van der Waals surface area contributed by atoms with Crippen molar-refractivity contribution in [3.05, 3.63) is 35.9 Å². The zero-order valence-electron chi connectivity index (χ0n) is 14.3. The van der Waals surface area contributed by atoms with Crippen LogP contribution in [0.15, 0.2) is 30.3 Å². The van der Waals surface area contributed by atoms with E-state index in [1.165, 1.54) is 4.90 Å². The third-order valence-corrected chi connectivity index (χ3v) is 5.69. The van der Waals surface area contributed by atoms with E-state index in [-0.39, 0.29) is 18.4 Å². The van der Waals surface area contributed by atoms with Crippen molar-refractivity contribution in [3.63, 3.8) is 0 Å². The number of carbonyl (C=O) groups is 2. The van der Waals surface area contributed by atoms with Crippen LogP contribution in [0.1, 0.15) is 45.1 Å². The lowest BCUT2D eigenvalue weighted by Crippen LogP contribution is -2.51. The maximum Gasteiger partial charge on any atom is 0.411 e. The minimum Gasteiger partial charge on any atom is -0.480 e. The number of benzene rings is 1. The fourth-order valence-corrected chi connectivity index (χ4v) is 4.57. The Morgan fingerprint density at radius 3 is 2.54 bits per heavy atom. The number of fused-ring (bicyclic) bond motifs is 1. The highest BCUT2D eigenvalue weighted by atomic mass is 16.6. The van der Waals surface area contributed by atoms with Gasteiger partial charge in [-0.3, -0.25) is 4.90 Å². The molecule has 1 saturated heterocycles. The molecule has 1 amide bonds. The number of rotatable bonds is 3. The standard InChI is InChI=1S/C19H25NO4/c1-19(2)15-11-7-6-10-14(15)16(17(21)22)20(19)18(23)24-12-13-8-4-3-5-9-13/h3-5,8-9,14-16H,6-7,10-12H2,1-2H3,(H,21,22). The Labute approximate surface area is 142 Å². The first-order valence-electron chi connectivity index (χ1n) is 8.65. The molecule has 0 bridgehead atoms. The Balaban J connectivity index is 1.80. The predicted molar refractivity (Wildman–Crippen MR) is 89.4 cm³/mol. The lowest BCUT2D eigenvalue weighted by atomic mass is 9.72. The molecule has 1 saturated carbocycles. The molecule has 1 aliphatic heterocycles. The minimum absolute atomic E-state index is 0.0236. The molecule has 5 heteroatoms. The third-order valence-electron chi connectivity index (χ3n) is 5.69. The summed E-state index contributed by atoms with van der Waals surface area (Å²) in [6, 6.07) is 8.66. The Hall–Kier alpha value is -2.04. The molecule has 0 aromatic heterocycles. The van der Waals surface area contributed by atoms with Crippen molar-refractivity contribution in [2.75, 3.05) is 0 Å². The Morgan fingerprint density at radius 1 is 1.21 bits per heavy atom. The van der Waals surface area contributed by atoms with Gasteiger partial charge in [0.1, 0.15) is 12.6 Å². The number of likely N-dealkylation sites (tertiary alicyclic amines) is 1. The second-order valence-corrected chi connectivity index (χ2v) is 7.40. The molecule has 2 aliphatic rings. The lowest BCUT2D eigenvalue weighted by Gasteiger charge is -2.37. The number of hydrogen-bond donors (Lipinski definition) is 1. The van der Waals surface area contributed by atoms with E-state index in [1.54, 1.807) is 0 Å². The van der Waals surface area contributed by atoms with Crippen LogP contribution < -0.4 is 0 Å². The summed E-state index contributed by atoms with van der Waals surface area (Å²) in [4.78, 5) is 26.1. The Kier molecular flexibility index (Phi) is 4.52. The van der Waals surface area contributed by atoms with Crippen molar-refractivity contribution in [2.24, 2.45) is 11.8 Å². The van der Waals surface area contributed by atoms with Crippen LogP contribution in [0.25, 0.3) is 0 Å². The largest absolute Gasteiger partial charge is 0.480 e. The van der Waals surface area contributed by atoms with Gasteiger partial charge in [-0.25, -0.2) is 9.59 Å². The number of carbonyl (C=O) groups excluding carboxylic acids is 1. The first-order valence-corrected chi connectivity index (χ1v) is 8.65. The number of carboxylic acid groups (broad SMARTS) is 1. The first kappa shape index (κ1) is 16.8. The summed E-state index contributed by atoms with van der Waals surface area (Å²) in [7, 11) is 0. The van der Waals surface area contributed by atoms with Crippen LogP contribution in [0.5, 0.6) is 0 Å². The monoisotopic (exact) mass is 331 g/mol. The molecule has 0 spiro atoms. The van der Waals surface area contributed by atoms with Crippen molar-refractivity contribution >= 4 is 12.1 Å². The maximum absolute atomic E-state index is 12.7. The van der Waals surface area contributed by atoms with Gasteiger partial charge in [-0.2, -0.15) is 0 Å². The van der Waals surface area contributed by atoms with Gasteiger partial charge in [0.05, 0.1) is 0 Å². The average molecular weight is 331 g/mol. The molecule has 5 nitrogen and oxygen atoms in total. The zero-order chi connectivity index (χ0) is 17.3. The molecule has 1 heterocycles. The van der Waals surface area contributed by atoms with Gasteiger partial charge in [0.2, 0.25) is 0 Å². The predicted octanol–water partition coefficient (Wildman–Crippen LogP) is 3.68. The smallest absolute Gasteiger partial charge is 0.411 e. The summed E-state index contributed by atoms with van der Waals surface area (Å²) in [5, 5.41) is 9.74. The number of nitrogens with zero attached hydrogens (tertiary/aromatic N) is 1. The average Bonchev–Trinajstić information content (AvgIpc) is 2.82. The normalized spacial score (nSPS) is 28.2. The van der Waals surface area contributed by atoms with Gasteiger partial charge < -0.3 is 9.84 Å². The van der Waals surface area contributed by atoms with Crippen LogP contribution in [-0.4, -0.2) is 33.6 Å². The van der Waals surface area contributed by atoms with E-state index >= 15 is 0 Å². The summed E-state index contributed by atoms with van der Waals surface area (Å²) < 4.78 is 5.46. The molecule has 1 aromatic carbocycles. The zero-order valence-corrected chi connectivity index (χ0v) is 14.3. The lowest BCUT2D eigenvalue weighted by molar-refractivity contribution is -0.144. The van der Waals surface area contributed by atoms with E-state index in [2.05, 4.69) is 0 Å². The van der Waals surface area contributed by atoms with Crippen LogP contribution in [0.2, 0.25) is 0 Å². The topological polar surface area (TPSA) is 66.8 Å². The van der Waals surface area contributed by atoms with Crippen LogP contribution in [-0.2, 0) is 16.1 Å². The molecule has 3 rings (SSSR count). The molecule has 1 aliphatic carbocycles. The Morgan fingerprint density at radius 2 is 1.88 bits per heavy atom. The molecular formula is C19H25NO4. The van der Waals surface area contributed by atoms with Gasteiger partial charge in [0, 0.05) is 5.54 Å². The van der Waals surface area contributed by atoms with E-state index in [0.717, 1.165) is 31.2 Å². The molecular weight excluding hydrogens is 306 g/mol. The van der Waals surface area contributed by atoms with Gasteiger partial charge in [-0.05, 0) is 44.1 Å².